The first kappa shape index (κ1) is 12.4. The van der Waals surface area contributed by atoms with Crippen LogP contribution in [0.2, 0.25) is 0 Å². The van der Waals surface area contributed by atoms with Gasteiger partial charge in [-0.05, 0) is 32.7 Å². The van der Waals surface area contributed by atoms with Crippen LogP contribution in [0.5, 0.6) is 0 Å². The lowest BCUT2D eigenvalue weighted by molar-refractivity contribution is -0.152. The maximum absolute atomic E-state index is 12.0. The quantitative estimate of drug-likeness (QED) is 0.568. The monoisotopic (exact) mass is 236 g/mol. The van der Waals surface area contributed by atoms with Crippen molar-refractivity contribution in [3.8, 4) is 12.3 Å². The number of esters is 1. The van der Waals surface area contributed by atoms with Gasteiger partial charge in [0.25, 0.3) is 0 Å². The molecule has 0 aromatic carbocycles. The van der Waals surface area contributed by atoms with Gasteiger partial charge in [-0.25, -0.2) is 0 Å². The van der Waals surface area contributed by atoms with Crippen molar-refractivity contribution in [1.82, 2.24) is 10.2 Å². The van der Waals surface area contributed by atoms with Gasteiger partial charge in [-0.1, -0.05) is 5.92 Å². The van der Waals surface area contributed by atoms with Crippen LogP contribution in [-0.2, 0) is 9.53 Å². The second-order valence-electron chi connectivity index (χ2n) is 5.09. The molecule has 2 fully saturated rings. The third kappa shape index (κ3) is 2.05. The largest absolute Gasteiger partial charge is 0.468 e. The fourth-order valence-electron chi connectivity index (χ4n) is 3.27. The molecule has 2 unspecified atom stereocenters. The molecule has 0 aromatic heterocycles. The molecule has 2 saturated heterocycles. The lowest BCUT2D eigenvalue weighted by atomic mass is 9.83. The average molecular weight is 236 g/mol. The number of hydrogen-bond donors (Lipinski definition) is 1. The van der Waals surface area contributed by atoms with Crippen molar-refractivity contribution in [2.24, 2.45) is 0 Å². The van der Waals surface area contributed by atoms with Gasteiger partial charge in [-0.3, -0.25) is 10.1 Å². The van der Waals surface area contributed by atoms with E-state index in [2.05, 4.69) is 23.2 Å². The Morgan fingerprint density at radius 1 is 1.53 bits per heavy atom. The van der Waals surface area contributed by atoms with Gasteiger partial charge in [0.2, 0.25) is 0 Å². The molecule has 0 aromatic rings. The summed E-state index contributed by atoms with van der Waals surface area (Å²) < 4.78 is 4.96. The molecule has 0 radical (unpaired) electrons. The third-order valence-electron chi connectivity index (χ3n) is 4.26. The zero-order chi connectivity index (χ0) is 12.5. The lowest BCUT2D eigenvalue weighted by Crippen LogP contribution is -2.61. The predicted molar refractivity (Wildman–Crippen MR) is 65.4 cm³/mol. The zero-order valence-corrected chi connectivity index (χ0v) is 10.5. The maximum Gasteiger partial charge on any atom is 0.326 e. The van der Waals surface area contributed by atoms with Crippen molar-refractivity contribution in [1.29, 1.82) is 0 Å². The van der Waals surface area contributed by atoms with Crippen LogP contribution in [0.4, 0.5) is 0 Å². The second kappa shape index (κ2) is 4.67. The van der Waals surface area contributed by atoms with Crippen molar-refractivity contribution in [2.45, 2.75) is 43.3 Å². The number of nitrogens with zero attached hydrogens (tertiary/aromatic N) is 1. The van der Waals surface area contributed by atoms with E-state index in [1.807, 2.05) is 0 Å². The van der Waals surface area contributed by atoms with Gasteiger partial charge in [0.05, 0.1) is 13.7 Å². The minimum absolute atomic E-state index is 0.169. The standard InChI is InChI=1S/C13H20N2O2/c1-4-7-14-13(12(16)17-3)8-10-5-6-11(9-13)15(10)2/h1,10-11,14H,5-9H2,2-3H3. The molecule has 0 amide bonds. The van der Waals surface area contributed by atoms with E-state index < -0.39 is 5.54 Å². The summed E-state index contributed by atoms with van der Waals surface area (Å²) in [5.41, 5.74) is -0.570. The number of rotatable bonds is 3. The molecule has 2 atom stereocenters. The number of ether oxygens (including phenoxy) is 1. The van der Waals surface area contributed by atoms with E-state index in [-0.39, 0.29) is 5.97 Å². The highest BCUT2D eigenvalue weighted by Gasteiger charge is 2.51. The van der Waals surface area contributed by atoms with Crippen LogP contribution in [-0.4, -0.2) is 49.2 Å². The molecule has 94 valence electrons. The molecule has 2 rings (SSSR count). The first-order chi connectivity index (χ1) is 8.13. The summed E-state index contributed by atoms with van der Waals surface area (Å²) in [6, 6.07) is 0.941. The van der Waals surface area contributed by atoms with E-state index in [0.717, 1.165) is 25.7 Å². The van der Waals surface area contributed by atoms with E-state index in [4.69, 9.17) is 11.2 Å². The summed E-state index contributed by atoms with van der Waals surface area (Å²) in [6.45, 7) is 0.415. The molecular weight excluding hydrogens is 216 g/mol. The van der Waals surface area contributed by atoms with Crippen molar-refractivity contribution in [3.05, 3.63) is 0 Å². The van der Waals surface area contributed by atoms with Crippen LogP contribution in [0.1, 0.15) is 25.7 Å². The first-order valence-corrected chi connectivity index (χ1v) is 6.12. The minimum Gasteiger partial charge on any atom is -0.468 e. The normalized spacial score (nSPS) is 36.5. The molecule has 1 N–H and O–H groups in total. The van der Waals surface area contributed by atoms with E-state index in [1.54, 1.807) is 0 Å². The highest BCUT2D eigenvalue weighted by atomic mass is 16.5. The van der Waals surface area contributed by atoms with Crippen LogP contribution in [0.25, 0.3) is 0 Å². The Balaban J connectivity index is 2.18. The Morgan fingerprint density at radius 2 is 2.12 bits per heavy atom. The molecular formula is C13H20N2O2. The van der Waals surface area contributed by atoms with Crippen LogP contribution >= 0.6 is 0 Å². The first-order valence-electron chi connectivity index (χ1n) is 6.12. The summed E-state index contributed by atoms with van der Waals surface area (Å²) in [4.78, 5) is 14.4. The van der Waals surface area contributed by atoms with Crippen LogP contribution in [0, 0.1) is 12.3 Å². The summed E-state index contributed by atoms with van der Waals surface area (Å²) in [6.07, 6.45) is 9.21. The van der Waals surface area contributed by atoms with Gasteiger partial charge in [0.15, 0.2) is 0 Å². The minimum atomic E-state index is -0.570. The Kier molecular flexibility index (Phi) is 3.41. The van der Waals surface area contributed by atoms with Gasteiger partial charge < -0.3 is 9.64 Å². The molecule has 2 aliphatic heterocycles. The van der Waals surface area contributed by atoms with Crippen LogP contribution in [0.15, 0.2) is 0 Å². The van der Waals surface area contributed by atoms with Crippen molar-refractivity contribution >= 4 is 5.97 Å². The van der Waals surface area contributed by atoms with E-state index >= 15 is 0 Å². The highest BCUT2D eigenvalue weighted by Crippen LogP contribution is 2.40. The Bertz CT molecular complexity index is 334. The number of fused-ring (bicyclic) bond motifs is 2. The number of terminal acetylenes is 1. The van der Waals surface area contributed by atoms with E-state index in [1.165, 1.54) is 7.11 Å². The fraction of sp³-hybridized carbons (Fsp3) is 0.769. The van der Waals surface area contributed by atoms with Crippen molar-refractivity contribution in [3.63, 3.8) is 0 Å². The number of piperidine rings is 1. The Hall–Kier alpha value is -1.05. The number of carbonyl (C=O) groups excluding carboxylic acids is 1. The van der Waals surface area contributed by atoms with Crippen LogP contribution in [0.3, 0.4) is 0 Å². The summed E-state index contributed by atoms with van der Waals surface area (Å²) in [7, 11) is 3.59. The maximum atomic E-state index is 12.0. The van der Waals surface area contributed by atoms with E-state index in [9.17, 15) is 4.79 Å². The van der Waals surface area contributed by atoms with Gasteiger partial charge in [-0.15, -0.1) is 6.42 Å². The third-order valence-corrected chi connectivity index (χ3v) is 4.26. The molecule has 0 aliphatic carbocycles. The van der Waals surface area contributed by atoms with E-state index in [0.29, 0.717) is 18.6 Å². The molecule has 0 spiro atoms. The van der Waals surface area contributed by atoms with Crippen molar-refractivity contribution in [2.75, 3.05) is 20.7 Å². The molecule has 4 nitrogen and oxygen atoms in total. The molecule has 0 saturated carbocycles. The predicted octanol–water partition coefficient (Wildman–Crippen LogP) is 0.378. The molecule has 2 bridgehead atoms. The lowest BCUT2D eigenvalue weighted by Gasteiger charge is -2.43. The highest BCUT2D eigenvalue weighted by molar-refractivity contribution is 5.81. The number of carbonyl (C=O) groups is 1. The number of hydrogen-bond acceptors (Lipinski definition) is 4. The SMILES string of the molecule is C#CCNC1(C(=O)OC)CC2CCC(C1)N2C. The number of methoxy groups -OCH3 is 1. The van der Waals surface area contributed by atoms with Crippen LogP contribution < -0.4 is 5.32 Å². The van der Waals surface area contributed by atoms with Gasteiger partial charge >= 0.3 is 5.97 Å². The topological polar surface area (TPSA) is 41.6 Å². The molecule has 2 heterocycles. The number of nitrogens with one attached hydrogen (secondary N) is 1. The average Bonchev–Trinajstić information content (AvgIpc) is 2.58. The summed E-state index contributed by atoms with van der Waals surface area (Å²) in [5, 5.41) is 3.22. The van der Waals surface area contributed by atoms with Crippen molar-refractivity contribution < 1.29 is 9.53 Å². The van der Waals surface area contributed by atoms with Gasteiger partial charge in [0, 0.05) is 12.1 Å². The fourth-order valence-corrected chi connectivity index (χ4v) is 3.27. The Morgan fingerprint density at radius 3 is 2.59 bits per heavy atom. The smallest absolute Gasteiger partial charge is 0.326 e. The second-order valence-corrected chi connectivity index (χ2v) is 5.09. The molecule has 4 heteroatoms. The Labute approximate surface area is 103 Å². The van der Waals surface area contributed by atoms with Gasteiger partial charge in [0.1, 0.15) is 5.54 Å². The summed E-state index contributed by atoms with van der Waals surface area (Å²) >= 11 is 0. The summed E-state index contributed by atoms with van der Waals surface area (Å²) in [5.74, 6) is 2.38. The molecule has 2 aliphatic rings. The zero-order valence-electron chi connectivity index (χ0n) is 10.5. The van der Waals surface area contributed by atoms with Gasteiger partial charge in [-0.2, -0.15) is 0 Å². The molecule has 17 heavy (non-hydrogen) atoms.